The smallest absolute Gasteiger partial charge is 0.282 e. The van der Waals surface area contributed by atoms with Gasteiger partial charge in [-0.3, -0.25) is 10.2 Å². The van der Waals surface area contributed by atoms with E-state index >= 15 is 0 Å². The molecule has 0 aliphatic carbocycles. The second-order valence-corrected chi connectivity index (χ2v) is 6.91. The number of halogens is 1. The van der Waals surface area contributed by atoms with Gasteiger partial charge in [0.15, 0.2) is 0 Å². The molecule has 6 nitrogen and oxygen atoms in total. The molecule has 1 heterocycles. The number of hydrogen-bond acceptors (Lipinski definition) is 3. The lowest BCUT2D eigenvalue weighted by molar-refractivity contribution is 0.0941. The van der Waals surface area contributed by atoms with Crippen LogP contribution < -0.4 is 10.3 Å². The number of amides is 1. The maximum Gasteiger partial charge on any atom is 0.282 e. The first-order valence-electron chi connectivity index (χ1n) is 6.61. The highest BCUT2D eigenvalue weighted by molar-refractivity contribution is 7.89. The summed E-state index contributed by atoms with van der Waals surface area (Å²) in [5.74, 6) is -0.600. The lowest BCUT2D eigenvalue weighted by Crippen LogP contribution is -2.41. The van der Waals surface area contributed by atoms with E-state index in [0.29, 0.717) is 5.02 Å². The van der Waals surface area contributed by atoms with Gasteiger partial charge in [0.1, 0.15) is 5.69 Å². The van der Waals surface area contributed by atoms with Gasteiger partial charge in [0, 0.05) is 15.9 Å². The molecular formula is C15H12ClN3O3S. The van der Waals surface area contributed by atoms with Gasteiger partial charge < -0.3 is 4.98 Å². The second kappa shape index (κ2) is 6.04. The normalized spacial score (nSPS) is 11.5. The Morgan fingerprint density at radius 1 is 1.04 bits per heavy atom. The first kappa shape index (κ1) is 15.5. The van der Waals surface area contributed by atoms with Crippen molar-refractivity contribution in [3.05, 3.63) is 65.3 Å². The highest BCUT2D eigenvalue weighted by Gasteiger charge is 2.16. The van der Waals surface area contributed by atoms with Crippen LogP contribution in [0, 0.1) is 0 Å². The largest absolute Gasteiger partial charge is 0.350 e. The SMILES string of the molecule is O=C(NNS(=O)(=O)c1ccccc1)c1cc2cc(Cl)ccc2[nH]1. The maximum absolute atomic E-state index is 12.1. The third-order valence-corrected chi connectivity index (χ3v) is 4.68. The van der Waals surface area contributed by atoms with Crippen LogP contribution in [0.2, 0.25) is 5.02 Å². The molecule has 23 heavy (non-hydrogen) atoms. The molecule has 0 saturated heterocycles. The Labute approximate surface area is 137 Å². The van der Waals surface area contributed by atoms with E-state index in [4.69, 9.17) is 11.6 Å². The summed E-state index contributed by atoms with van der Waals surface area (Å²) in [5, 5.41) is 1.31. The highest BCUT2D eigenvalue weighted by Crippen LogP contribution is 2.20. The van der Waals surface area contributed by atoms with Gasteiger partial charge in [-0.15, -0.1) is 4.83 Å². The van der Waals surface area contributed by atoms with Gasteiger partial charge in [0.25, 0.3) is 15.9 Å². The molecule has 0 aliphatic rings. The number of aromatic nitrogens is 1. The standard InChI is InChI=1S/C15H12ClN3O3S/c16-11-6-7-13-10(8-11)9-14(17-13)15(20)18-19-23(21,22)12-4-2-1-3-5-12/h1-9,17,19H,(H,18,20). The van der Waals surface area contributed by atoms with Gasteiger partial charge in [-0.1, -0.05) is 29.8 Å². The van der Waals surface area contributed by atoms with Gasteiger partial charge >= 0.3 is 0 Å². The Morgan fingerprint density at radius 2 is 1.78 bits per heavy atom. The molecule has 0 unspecified atom stereocenters. The first-order chi connectivity index (χ1) is 11.0. The number of hydrogen-bond donors (Lipinski definition) is 3. The summed E-state index contributed by atoms with van der Waals surface area (Å²) < 4.78 is 24.1. The number of H-pyrrole nitrogens is 1. The van der Waals surface area contributed by atoms with Crippen molar-refractivity contribution in [3.8, 4) is 0 Å². The van der Waals surface area contributed by atoms with Gasteiger partial charge in [-0.2, -0.15) is 0 Å². The maximum atomic E-state index is 12.1. The summed E-state index contributed by atoms with van der Waals surface area (Å²) in [7, 11) is -3.82. The molecule has 0 aliphatic heterocycles. The fourth-order valence-electron chi connectivity index (χ4n) is 2.07. The summed E-state index contributed by atoms with van der Waals surface area (Å²) >= 11 is 5.89. The fourth-order valence-corrected chi connectivity index (χ4v) is 3.11. The minimum Gasteiger partial charge on any atom is -0.350 e. The zero-order valence-corrected chi connectivity index (χ0v) is 13.3. The van der Waals surface area contributed by atoms with E-state index in [-0.39, 0.29) is 10.6 Å². The molecule has 3 aromatic rings. The van der Waals surface area contributed by atoms with Crippen molar-refractivity contribution in [3.63, 3.8) is 0 Å². The fraction of sp³-hybridized carbons (Fsp3) is 0. The molecule has 0 saturated carbocycles. The Hall–Kier alpha value is -2.35. The molecular weight excluding hydrogens is 338 g/mol. The summed E-state index contributed by atoms with van der Waals surface area (Å²) in [6.07, 6.45) is 0. The van der Waals surface area contributed by atoms with E-state index in [9.17, 15) is 13.2 Å². The van der Waals surface area contributed by atoms with Crippen LogP contribution in [-0.4, -0.2) is 19.3 Å². The Bertz CT molecular complexity index is 968. The van der Waals surface area contributed by atoms with E-state index in [1.54, 1.807) is 42.5 Å². The third-order valence-electron chi connectivity index (χ3n) is 3.18. The molecule has 3 rings (SSSR count). The van der Waals surface area contributed by atoms with E-state index in [0.717, 1.165) is 10.9 Å². The van der Waals surface area contributed by atoms with Crippen molar-refractivity contribution in [2.45, 2.75) is 4.90 Å². The van der Waals surface area contributed by atoms with Crippen LogP contribution in [0.3, 0.4) is 0 Å². The topological polar surface area (TPSA) is 91.1 Å². The van der Waals surface area contributed by atoms with Crippen molar-refractivity contribution >= 4 is 38.4 Å². The highest BCUT2D eigenvalue weighted by atomic mass is 35.5. The van der Waals surface area contributed by atoms with Crippen LogP contribution in [-0.2, 0) is 10.0 Å². The Morgan fingerprint density at radius 3 is 2.52 bits per heavy atom. The molecule has 0 atom stereocenters. The van der Waals surface area contributed by atoms with Gasteiger partial charge in [0.2, 0.25) is 0 Å². The molecule has 1 aromatic heterocycles. The van der Waals surface area contributed by atoms with Crippen molar-refractivity contribution in [2.75, 3.05) is 0 Å². The minimum absolute atomic E-state index is 0.0590. The molecule has 1 amide bonds. The summed E-state index contributed by atoms with van der Waals surface area (Å²) in [6.45, 7) is 0. The molecule has 8 heteroatoms. The monoisotopic (exact) mass is 349 g/mol. The van der Waals surface area contributed by atoms with E-state index in [1.165, 1.54) is 12.1 Å². The number of rotatable bonds is 4. The Balaban J connectivity index is 1.76. The van der Waals surface area contributed by atoms with E-state index in [2.05, 4.69) is 15.2 Å². The number of benzene rings is 2. The van der Waals surface area contributed by atoms with Crippen LogP contribution in [0.15, 0.2) is 59.5 Å². The predicted octanol–water partition coefficient (Wildman–Crippen LogP) is 2.44. The molecule has 0 spiro atoms. The van der Waals surface area contributed by atoms with Crippen LogP contribution in [0.25, 0.3) is 10.9 Å². The molecule has 118 valence electrons. The molecule has 3 N–H and O–H groups in total. The Kier molecular flexibility index (Phi) is 4.08. The quantitative estimate of drug-likeness (QED) is 0.632. The average Bonchev–Trinajstić information content (AvgIpc) is 2.96. The molecule has 0 fully saturated rings. The van der Waals surface area contributed by atoms with Crippen LogP contribution in [0.5, 0.6) is 0 Å². The molecule has 2 aromatic carbocycles. The summed E-state index contributed by atoms with van der Waals surface area (Å²) in [5.41, 5.74) is 3.12. The van der Waals surface area contributed by atoms with Crippen molar-refractivity contribution in [1.29, 1.82) is 0 Å². The summed E-state index contributed by atoms with van der Waals surface area (Å²) in [4.78, 5) is 17.1. The summed E-state index contributed by atoms with van der Waals surface area (Å²) in [6, 6.07) is 14.5. The average molecular weight is 350 g/mol. The lowest BCUT2D eigenvalue weighted by Gasteiger charge is -2.07. The first-order valence-corrected chi connectivity index (χ1v) is 8.47. The predicted molar refractivity (Wildman–Crippen MR) is 87.5 cm³/mol. The number of aromatic amines is 1. The number of hydrazine groups is 1. The molecule has 0 bridgehead atoms. The van der Waals surface area contributed by atoms with Crippen LogP contribution in [0.4, 0.5) is 0 Å². The van der Waals surface area contributed by atoms with Gasteiger partial charge in [-0.25, -0.2) is 8.42 Å². The van der Waals surface area contributed by atoms with Crippen molar-refractivity contribution < 1.29 is 13.2 Å². The number of fused-ring (bicyclic) bond motifs is 1. The van der Waals surface area contributed by atoms with E-state index < -0.39 is 15.9 Å². The minimum atomic E-state index is -3.82. The second-order valence-electron chi connectivity index (χ2n) is 4.79. The van der Waals surface area contributed by atoms with Crippen LogP contribution in [0.1, 0.15) is 10.5 Å². The third kappa shape index (κ3) is 3.37. The number of carbonyl (C=O) groups is 1. The number of nitrogens with one attached hydrogen (secondary N) is 3. The zero-order valence-electron chi connectivity index (χ0n) is 11.7. The van der Waals surface area contributed by atoms with Crippen molar-refractivity contribution in [1.82, 2.24) is 15.2 Å². The zero-order chi connectivity index (χ0) is 16.4. The van der Waals surface area contributed by atoms with Gasteiger partial charge in [-0.05, 0) is 36.4 Å². The lowest BCUT2D eigenvalue weighted by atomic mass is 10.2. The number of sulfonamides is 1. The van der Waals surface area contributed by atoms with Crippen LogP contribution >= 0.6 is 11.6 Å². The van der Waals surface area contributed by atoms with Gasteiger partial charge in [0.05, 0.1) is 4.90 Å². The molecule has 0 radical (unpaired) electrons. The van der Waals surface area contributed by atoms with Crippen molar-refractivity contribution in [2.24, 2.45) is 0 Å². The van der Waals surface area contributed by atoms with E-state index in [1.807, 2.05) is 0 Å². The number of carbonyl (C=O) groups excluding carboxylic acids is 1.